The fraction of sp³-hybridized carbons (Fsp3) is 0.583. The maximum absolute atomic E-state index is 12.6. The van der Waals surface area contributed by atoms with E-state index in [1.165, 1.54) is 38.5 Å². The standard InChI is InChI=1S/C24H37ClN4O2/c1-4-6-8-14-28(15-9-7-5-2)18-20(3)26-24(30)23-13-16-29(27-23)19-31-22-12-10-11-21(25)17-22/h10-13,16-17,20H,4-9,14-15,18-19H2,1-3H3,(H,26,30). The van der Waals surface area contributed by atoms with Crippen LogP contribution in [-0.4, -0.2) is 46.3 Å². The highest BCUT2D eigenvalue weighted by atomic mass is 35.5. The van der Waals surface area contributed by atoms with Gasteiger partial charge in [0, 0.05) is 23.8 Å². The number of ether oxygens (including phenoxy) is 1. The molecule has 1 unspecified atom stereocenters. The summed E-state index contributed by atoms with van der Waals surface area (Å²) in [5.74, 6) is 0.505. The molecule has 172 valence electrons. The fourth-order valence-corrected chi connectivity index (χ4v) is 3.63. The lowest BCUT2D eigenvalue weighted by atomic mass is 10.2. The highest BCUT2D eigenvalue weighted by Gasteiger charge is 2.15. The fourth-order valence-electron chi connectivity index (χ4n) is 3.45. The number of carbonyl (C=O) groups is 1. The molecular weight excluding hydrogens is 412 g/mol. The van der Waals surface area contributed by atoms with Crippen molar-refractivity contribution in [2.75, 3.05) is 19.6 Å². The summed E-state index contributed by atoms with van der Waals surface area (Å²) in [5, 5.41) is 8.04. The van der Waals surface area contributed by atoms with Crippen LogP contribution in [0.5, 0.6) is 5.75 Å². The number of hydrogen-bond donors (Lipinski definition) is 1. The summed E-state index contributed by atoms with van der Waals surface area (Å²) in [6.45, 7) is 9.76. The quantitative estimate of drug-likeness (QED) is 0.372. The van der Waals surface area contributed by atoms with Gasteiger partial charge in [-0.05, 0) is 57.1 Å². The van der Waals surface area contributed by atoms with E-state index in [9.17, 15) is 4.79 Å². The number of unbranched alkanes of at least 4 members (excludes halogenated alkanes) is 4. The zero-order valence-corrected chi connectivity index (χ0v) is 19.9. The Balaban J connectivity index is 1.82. The van der Waals surface area contributed by atoms with Crippen LogP contribution in [0.15, 0.2) is 36.5 Å². The van der Waals surface area contributed by atoms with E-state index in [4.69, 9.17) is 16.3 Å². The van der Waals surface area contributed by atoms with Crippen molar-refractivity contribution in [3.63, 3.8) is 0 Å². The molecule has 0 aliphatic heterocycles. The van der Waals surface area contributed by atoms with Gasteiger partial charge in [-0.15, -0.1) is 0 Å². The van der Waals surface area contributed by atoms with Crippen LogP contribution in [0.4, 0.5) is 0 Å². The number of halogens is 1. The minimum Gasteiger partial charge on any atom is -0.471 e. The van der Waals surface area contributed by atoms with E-state index in [0.717, 1.165) is 19.6 Å². The molecule has 1 N–H and O–H groups in total. The smallest absolute Gasteiger partial charge is 0.272 e. The Labute approximate surface area is 191 Å². The van der Waals surface area contributed by atoms with E-state index < -0.39 is 0 Å². The molecule has 2 rings (SSSR count). The summed E-state index contributed by atoms with van der Waals surface area (Å²) in [6, 6.07) is 8.97. The second-order valence-corrected chi connectivity index (χ2v) is 8.50. The van der Waals surface area contributed by atoms with Crippen molar-refractivity contribution in [1.29, 1.82) is 0 Å². The van der Waals surface area contributed by atoms with E-state index in [-0.39, 0.29) is 18.7 Å². The second kappa shape index (κ2) is 14.1. The average Bonchev–Trinajstić information content (AvgIpc) is 3.22. The molecule has 0 aliphatic rings. The first-order valence-electron chi connectivity index (χ1n) is 11.5. The number of nitrogens with one attached hydrogen (secondary N) is 1. The number of aromatic nitrogens is 2. The van der Waals surface area contributed by atoms with Crippen LogP contribution in [0, 0.1) is 0 Å². The largest absolute Gasteiger partial charge is 0.471 e. The van der Waals surface area contributed by atoms with Gasteiger partial charge < -0.3 is 15.0 Å². The zero-order chi connectivity index (χ0) is 22.5. The molecule has 1 aromatic heterocycles. The molecule has 0 aliphatic carbocycles. The third kappa shape index (κ3) is 9.74. The molecule has 0 radical (unpaired) electrons. The lowest BCUT2D eigenvalue weighted by molar-refractivity contribution is 0.0921. The summed E-state index contributed by atoms with van der Waals surface area (Å²) >= 11 is 5.97. The summed E-state index contributed by atoms with van der Waals surface area (Å²) < 4.78 is 7.27. The van der Waals surface area contributed by atoms with Crippen molar-refractivity contribution in [2.24, 2.45) is 0 Å². The molecule has 0 fully saturated rings. The van der Waals surface area contributed by atoms with Gasteiger partial charge in [0.2, 0.25) is 0 Å². The molecule has 1 amide bonds. The van der Waals surface area contributed by atoms with E-state index in [2.05, 4.69) is 36.1 Å². The lowest BCUT2D eigenvalue weighted by Crippen LogP contribution is -2.42. The first-order chi connectivity index (χ1) is 15.0. The van der Waals surface area contributed by atoms with Gasteiger partial charge >= 0.3 is 0 Å². The second-order valence-electron chi connectivity index (χ2n) is 8.06. The highest BCUT2D eigenvalue weighted by Crippen LogP contribution is 2.17. The Morgan fingerprint density at radius 3 is 2.52 bits per heavy atom. The maximum atomic E-state index is 12.6. The van der Waals surface area contributed by atoms with Crippen molar-refractivity contribution in [3.05, 3.63) is 47.2 Å². The molecule has 0 bridgehead atoms. The molecule has 0 saturated heterocycles. The van der Waals surface area contributed by atoms with Crippen LogP contribution in [0.2, 0.25) is 5.02 Å². The first-order valence-corrected chi connectivity index (χ1v) is 11.8. The molecule has 1 atom stereocenters. The average molecular weight is 449 g/mol. The van der Waals surface area contributed by atoms with Crippen LogP contribution >= 0.6 is 11.6 Å². The minimum atomic E-state index is -0.156. The van der Waals surface area contributed by atoms with Crippen LogP contribution in [0.3, 0.4) is 0 Å². The maximum Gasteiger partial charge on any atom is 0.272 e. The van der Waals surface area contributed by atoms with Gasteiger partial charge in [-0.3, -0.25) is 4.79 Å². The van der Waals surface area contributed by atoms with Crippen molar-refractivity contribution in [3.8, 4) is 5.75 Å². The van der Waals surface area contributed by atoms with Gasteiger partial charge in [0.15, 0.2) is 6.73 Å². The molecule has 7 heteroatoms. The number of hydrogen-bond acceptors (Lipinski definition) is 4. The molecule has 0 saturated carbocycles. The van der Waals surface area contributed by atoms with Crippen molar-refractivity contribution < 1.29 is 9.53 Å². The predicted octanol–water partition coefficient (Wildman–Crippen LogP) is 5.37. The lowest BCUT2D eigenvalue weighted by Gasteiger charge is -2.26. The molecule has 1 aromatic carbocycles. The minimum absolute atomic E-state index is 0.0589. The summed E-state index contributed by atoms with van der Waals surface area (Å²) in [7, 11) is 0. The van der Waals surface area contributed by atoms with Crippen molar-refractivity contribution in [1.82, 2.24) is 20.0 Å². The molecule has 6 nitrogen and oxygen atoms in total. The van der Waals surface area contributed by atoms with Gasteiger partial charge in [0.25, 0.3) is 5.91 Å². The van der Waals surface area contributed by atoms with E-state index in [1.807, 2.05) is 12.1 Å². The number of nitrogens with zero attached hydrogens (tertiary/aromatic N) is 3. The molecular formula is C24H37ClN4O2. The third-order valence-electron chi connectivity index (χ3n) is 5.10. The van der Waals surface area contributed by atoms with Gasteiger partial charge in [-0.1, -0.05) is 57.2 Å². The van der Waals surface area contributed by atoms with Crippen LogP contribution in [0.25, 0.3) is 0 Å². The Morgan fingerprint density at radius 1 is 1.16 bits per heavy atom. The summed E-state index contributed by atoms with van der Waals surface area (Å²) in [5.41, 5.74) is 0.394. The molecule has 0 spiro atoms. The topological polar surface area (TPSA) is 59.4 Å². The van der Waals surface area contributed by atoms with E-state index >= 15 is 0 Å². The highest BCUT2D eigenvalue weighted by molar-refractivity contribution is 6.30. The Hall–Kier alpha value is -2.05. The number of rotatable bonds is 15. The van der Waals surface area contributed by atoms with Crippen LogP contribution in [0.1, 0.15) is 69.8 Å². The first kappa shape index (κ1) is 25.2. The summed E-state index contributed by atoms with van der Waals surface area (Å²) in [6.07, 6.45) is 9.10. The zero-order valence-electron chi connectivity index (χ0n) is 19.1. The van der Waals surface area contributed by atoms with Crippen LogP contribution < -0.4 is 10.1 Å². The van der Waals surface area contributed by atoms with Crippen molar-refractivity contribution in [2.45, 2.75) is 72.1 Å². The van der Waals surface area contributed by atoms with Gasteiger partial charge in [0.1, 0.15) is 11.4 Å². The van der Waals surface area contributed by atoms with Gasteiger partial charge in [-0.25, -0.2) is 4.68 Å². The van der Waals surface area contributed by atoms with Gasteiger partial charge in [0.05, 0.1) is 0 Å². The van der Waals surface area contributed by atoms with Crippen molar-refractivity contribution >= 4 is 17.5 Å². The van der Waals surface area contributed by atoms with Gasteiger partial charge in [-0.2, -0.15) is 5.10 Å². The molecule has 31 heavy (non-hydrogen) atoms. The number of carbonyl (C=O) groups excluding carboxylic acids is 1. The van der Waals surface area contributed by atoms with E-state index in [0.29, 0.717) is 16.5 Å². The monoisotopic (exact) mass is 448 g/mol. The normalized spacial score (nSPS) is 12.2. The SMILES string of the molecule is CCCCCN(CCCCC)CC(C)NC(=O)c1ccn(COc2cccc(Cl)c2)n1. The Morgan fingerprint density at radius 2 is 1.87 bits per heavy atom. The molecule has 2 aromatic rings. The van der Waals surface area contributed by atoms with E-state index in [1.54, 1.807) is 29.1 Å². The predicted molar refractivity (Wildman–Crippen MR) is 127 cm³/mol. The number of amides is 1. The Kier molecular flexibility index (Phi) is 11.5. The molecule has 1 heterocycles. The Bertz CT molecular complexity index is 770. The third-order valence-corrected chi connectivity index (χ3v) is 5.33. The van der Waals surface area contributed by atoms with Crippen LogP contribution in [-0.2, 0) is 6.73 Å². The number of benzene rings is 1. The summed E-state index contributed by atoms with van der Waals surface area (Å²) in [4.78, 5) is 15.1.